The number of rotatable bonds is 4. The zero-order valence-electron chi connectivity index (χ0n) is 10.8. The Morgan fingerprint density at radius 1 is 1.55 bits per heavy atom. The number of carbonyl (C=O) groups is 1. The standard InChI is InChI=1S/C11H12ClN5O2S/c1-3-19-10(18)7-4-6(13)5-8(12)9(7)20-11-14-15-16-17(11)2/h4-5H,3,13H2,1-2H3. The Bertz CT molecular complexity index is 646. The molecule has 0 atom stereocenters. The topological polar surface area (TPSA) is 95.9 Å². The number of halogens is 1. The van der Waals surface area contributed by atoms with Gasteiger partial charge in [-0.15, -0.1) is 5.10 Å². The molecule has 0 unspecified atom stereocenters. The summed E-state index contributed by atoms with van der Waals surface area (Å²) in [6.07, 6.45) is 0. The monoisotopic (exact) mass is 313 g/mol. The van der Waals surface area contributed by atoms with Crippen LogP contribution in [0.4, 0.5) is 5.69 Å². The molecule has 0 saturated heterocycles. The number of ether oxygens (including phenoxy) is 1. The van der Waals surface area contributed by atoms with Crippen LogP contribution in [0.2, 0.25) is 5.02 Å². The molecule has 2 aromatic rings. The Balaban J connectivity index is 2.45. The molecule has 0 amide bonds. The van der Waals surface area contributed by atoms with Crippen molar-refractivity contribution in [3.05, 3.63) is 22.7 Å². The first-order chi connectivity index (χ1) is 9.52. The van der Waals surface area contributed by atoms with Crippen LogP contribution >= 0.6 is 23.4 Å². The van der Waals surface area contributed by atoms with Crippen molar-refractivity contribution in [1.82, 2.24) is 20.2 Å². The van der Waals surface area contributed by atoms with E-state index in [0.717, 1.165) is 0 Å². The first-order valence-electron chi connectivity index (χ1n) is 5.69. The van der Waals surface area contributed by atoms with E-state index in [1.807, 2.05) is 0 Å². The van der Waals surface area contributed by atoms with Crippen molar-refractivity contribution in [1.29, 1.82) is 0 Å². The average molecular weight is 314 g/mol. The summed E-state index contributed by atoms with van der Waals surface area (Å²) in [5.74, 6) is -0.487. The lowest BCUT2D eigenvalue weighted by atomic mass is 10.2. The molecule has 0 aliphatic carbocycles. The predicted molar refractivity (Wildman–Crippen MR) is 74.7 cm³/mol. The van der Waals surface area contributed by atoms with Gasteiger partial charge in [-0.2, -0.15) is 0 Å². The molecule has 2 rings (SSSR count). The molecule has 106 valence electrons. The maximum Gasteiger partial charge on any atom is 0.339 e. The lowest BCUT2D eigenvalue weighted by Gasteiger charge is -2.10. The number of nitrogens with zero attached hydrogens (tertiary/aromatic N) is 4. The predicted octanol–water partition coefficient (Wildman–Crippen LogP) is 1.77. The highest BCUT2D eigenvalue weighted by atomic mass is 35.5. The quantitative estimate of drug-likeness (QED) is 0.678. The van der Waals surface area contributed by atoms with Crippen LogP contribution in [-0.2, 0) is 11.8 Å². The third-order valence-electron chi connectivity index (χ3n) is 2.34. The van der Waals surface area contributed by atoms with E-state index in [1.54, 1.807) is 20.0 Å². The second-order valence-corrected chi connectivity index (χ2v) is 5.17. The Kier molecular flexibility index (Phi) is 4.46. The number of benzene rings is 1. The van der Waals surface area contributed by atoms with Crippen LogP contribution in [0.1, 0.15) is 17.3 Å². The molecule has 0 fully saturated rings. The number of aryl methyl sites for hydroxylation is 1. The van der Waals surface area contributed by atoms with Gasteiger partial charge in [-0.3, -0.25) is 0 Å². The fourth-order valence-electron chi connectivity index (χ4n) is 1.48. The molecule has 2 N–H and O–H groups in total. The number of hydrogen-bond donors (Lipinski definition) is 1. The highest BCUT2D eigenvalue weighted by Gasteiger charge is 2.19. The van der Waals surface area contributed by atoms with E-state index in [0.29, 0.717) is 26.3 Å². The molecule has 0 aliphatic heterocycles. The summed E-state index contributed by atoms with van der Waals surface area (Å²) >= 11 is 7.34. The van der Waals surface area contributed by atoms with Gasteiger partial charge in [0.05, 0.1) is 17.2 Å². The molecular formula is C11H12ClN5O2S. The maximum atomic E-state index is 12.0. The maximum absolute atomic E-state index is 12.0. The molecule has 1 aromatic heterocycles. The zero-order chi connectivity index (χ0) is 14.7. The van der Waals surface area contributed by atoms with Gasteiger partial charge in [0, 0.05) is 17.6 Å². The molecule has 20 heavy (non-hydrogen) atoms. The van der Waals surface area contributed by atoms with Crippen molar-refractivity contribution in [2.24, 2.45) is 7.05 Å². The molecule has 0 radical (unpaired) electrons. The number of tetrazole rings is 1. The van der Waals surface area contributed by atoms with Gasteiger partial charge in [-0.1, -0.05) is 11.6 Å². The first-order valence-corrected chi connectivity index (χ1v) is 6.88. The molecule has 1 heterocycles. The molecule has 9 heteroatoms. The normalized spacial score (nSPS) is 10.6. The number of esters is 1. The number of aromatic nitrogens is 4. The van der Waals surface area contributed by atoms with Gasteiger partial charge in [0.1, 0.15) is 0 Å². The summed E-state index contributed by atoms with van der Waals surface area (Å²) in [4.78, 5) is 12.5. The fraction of sp³-hybridized carbons (Fsp3) is 0.273. The minimum absolute atomic E-state index is 0.265. The van der Waals surface area contributed by atoms with Crippen molar-refractivity contribution < 1.29 is 9.53 Å². The van der Waals surface area contributed by atoms with Crippen LogP contribution in [-0.4, -0.2) is 32.8 Å². The molecule has 7 nitrogen and oxygen atoms in total. The molecule has 0 aliphatic rings. The zero-order valence-corrected chi connectivity index (χ0v) is 12.4. The Morgan fingerprint density at radius 2 is 2.30 bits per heavy atom. The van der Waals surface area contributed by atoms with Gasteiger partial charge < -0.3 is 10.5 Å². The largest absolute Gasteiger partial charge is 0.462 e. The number of hydrogen-bond acceptors (Lipinski definition) is 7. The number of carbonyl (C=O) groups excluding carboxylic acids is 1. The van der Waals surface area contributed by atoms with E-state index >= 15 is 0 Å². The van der Waals surface area contributed by atoms with Crippen molar-refractivity contribution >= 4 is 35.0 Å². The molecule has 1 aromatic carbocycles. The summed E-state index contributed by atoms with van der Waals surface area (Å²) < 4.78 is 6.48. The van der Waals surface area contributed by atoms with Crippen LogP contribution in [0.15, 0.2) is 22.2 Å². The Morgan fingerprint density at radius 3 is 2.90 bits per heavy atom. The van der Waals surface area contributed by atoms with E-state index in [2.05, 4.69) is 15.5 Å². The third kappa shape index (κ3) is 3.02. The van der Waals surface area contributed by atoms with E-state index in [9.17, 15) is 4.79 Å². The molecule has 0 spiro atoms. The smallest absolute Gasteiger partial charge is 0.339 e. The second kappa shape index (κ2) is 6.10. The van der Waals surface area contributed by atoms with Gasteiger partial charge in [0.15, 0.2) is 0 Å². The second-order valence-electron chi connectivity index (χ2n) is 3.79. The van der Waals surface area contributed by atoms with Crippen molar-refractivity contribution in [3.63, 3.8) is 0 Å². The van der Waals surface area contributed by atoms with Crippen molar-refractivity contribution in [3.8, 4) is 0 Å². The van der Waals surface area contributed by atoms with Gasteiger partial charge in [-0.25, -0.2) is 9.48 Å². The highest BCUT2D eigenvalue weighted by molar-refractivity contribution is 7.99. The number of anilines is 1. The van der Waals surface area contributed by atoms with Crippen LogP contribution < -0.4 is 5.73 Å². The van der Waals surface area contributed by atoms with Crippen molar-refractivity contribution in [2.75, 3.05) is 12.3 Å². The summed E-state index contributed by atoms with van der Waals surface area (Å²) in [6.45, 7) is 1.99. The van der Waals surface area contributed by atoms with Crippen LogP contribution in [0.5, 0.6) is 0 Å². The van der Waals surface area contributed by atoms with Gasteiger partial charge in [0.25, 0.3) is 0 Å². The van der Waals surface area contributed by atoms with Crippen LogP contribution in [0, 0.1) is 0 Å². The summed E-state index contributed by atoms with van der Waals surface area (Å²) in [5, 5.41) is 11.9. The van der Waals surface area contributed by atoms with Gasteiger partial charge in [0.2, 0.25) is 5.16 Å². The molecule has 0 saturated carbocycles. The van der Waals surface area contributed by atoms with Gasteiger partial charge >= 0.3 is 5.97 Å². The Labute approximate surface area is 124 Å². The first kappa shape index (κ1) is 14.6. The van der Waals surface area contributed by atoms with E-state index < -0.39 is 5.97 Å². The third-order valence-corrected chi connectivity index (χ3v) is 3.92. The number of nitrogen functional groups attached to an aromatic ring is 1. The average Bonchev–Trinajstić information content (AvgIpc) is 2.78. The lowest BCUT2D eigenvalue weighted by Crippen LogP contribution is -2.08. The van der Waals surface area contributed by atoms with E-state index in [-0.39, 0.29) is 6.61 Å². The minimum atomic E-state index is -0.487. The summed E-state index contributed by atoms with van der Waals surface area (Å²) in [7, 11) is 1.69. The number of nitrogens with two attached hydrogens (primary N) is 1. The minimum Gasteiger partial charge on any atom is -0.462 e. The summed E-state index contributed by atoms with van der Waals surface area (Å²) in [5.41, 5.74) is 6.40. The SMILES string of the molecule is CCOC(=O)c1cc(N)cc(Cl)c1Sc1nnnn1C. The van der Waals surface area contributed by atoms with Gasteiger partial charge in [-0.05, 0) is 41.2 Å². The van der Waals surface area contributed by atoms with Crippen LogP contribution in [0.3, 0.4) is 0 Å². The van der Waals surface area contributed by atoms with Crippen molar-refractivity contribution in [2.45, 2.75) is 17.0 Å². The lowest BCUT2D eigenvalue weighted by molar-refractivity contribution is 0.0522. The van der Waals surface area contributed by atoms with E-state index in [4.69, 9.17) is 22.1 Å². The van der Waals surface area contributed by atoms with Crippen LogP contribution in [0.25, 0.3) is 0 Å². The molecule has 0 bridgehead atoms. The highest BCUT2D eigenvalue weighted by Crippen LogP contribution is 2.36. The summed E-state index contributed by atoms with van der Waals surface area (Å²) in [6, 6.07) is 3.09. The molecular weight excluding hydrogens is 302 g/mol. The fourth-order valence-corrected chi connectivity index (χ4v) is 2.66. The Hall–Kier alpha value is -1.80. The van der Waals surface area contributed by atoms with E-state index in [1.165, 1.54) is 22.5 Å².